The number of hydrogen-bond acceptors (Lipinski definition) is 3. The number of carbonyl (C=O) groups excluding carboxylic acids is 1. The number of nitrogens with one attached hydrogen (secondary N) is 1. The molecular weight excluding hydrogens is 397 g/mol. The fourth-order valence-electron chi connectivity index (χ4n) is 3.48. The monoisotopic (exact) mass is 417 g/mol. The maximum Gasteiger partial charge on any atom is 0.332 e. The molecule has 31 heavy (non-hydrogen) atoms. The average molecular weight is 417 g/mol. The second kappa shape index (κ2) is 8.39. The molecule has 0 aliphatic heterocycles. The predicted molar refractivity (Wildman–Crippen MR) is 118 cm³/mol. The molecule has 4 rings (SSSR count). The molecule has 0 bridgehead atoms. The lowest BCUT2D eigenvalue weighted by atomic mass is 10.2. The topological polar surface area (TPSA) is 73.1 Å². The molecule has 0 aliphatic rings. The number of aromatic nitrogens is 2. The number of aryl methyl sites for hydroxylation is 1. The van der Waals surface area contributed by atoms with Crippen molar-refractivity contribution in [3.63, 3.8) is 0 Å². The summed E-state index contributed by atoms with van der Waals surface area (Å²) in [6.45, 7) is 1.60. The van der Waals surface area contributed by atoms with Crippen LogP contribution in [0, 0.1) is 12.7 Å². The number of anilines is 1. The Morgan fingerprint density at radius 2 is 1.58 bits per heavy atom. The fourth-order valence-corrected chi connectivity index (χ4v) is 3.48. The molecule has 0 unspecified atom stereocenters. The van der Waals surface area contributed by atoms with E-state index in [1.807, 2.05) is 25.1 Å². The van der Waals surface area contributed by atoms with E-state index < -0.39 is 17.1 Å². The van der Waals surface area contributed by atoms with E-state index in [-0.39, 0.29) is 19.0 Å². The van der Waals surface area contributed by atoms with Gasteiger partial charge >= 0.3 is 5.69 Å². The lowest BCUT2D eigenvalue weighted by molar-refractivity contribution is -0.116. The van der Waals surface area contributed by atoms with Gasteiger partial charge in [0, 0.05) is 5.69 Å². The van der Waals surface area contributed by atoms with E-state index in [9.17, 15) is 18.8 Å². The minimum Gasteiger partial charge on any atom is -0.324 e. The summed E-state index contributed by atoms with van der Waals surface area (Å²) in [7, 11) is 0. The van der Waals surface area contributed by atoms with Crippen LogP contribution >= 0.6 is 0 Å². The normalized spacial score (nSPS) is 10.9. The Kier molecular flexibility index (Phi) is 5.49. The van der Waals surface area contributed by atoms with Crippen LogP contribution in [0.25, 0.3) is 10.9 Å². The summed E-state index contributed by atoms with van der Waals surface area (Å²) in [5, 5.41) is 3.14. The van der Waals surface area contributed by atoms with Gasteiger partial charge in [-0.1, -0.05) is 42.5 Å². The summed E-state index contributed by atoms with van der Waals surface area (Å²) in [6.07, 6.45) is 0. The zero-order valence-electron chi connectivity index (χ0n) is 16.8. The molecule has 0 spiro atoms. The predicted octanol–water partition coefficient (Wildman–Crippen LogP) is 3.30. The first-order valence-electron chi connectivity index (χ1n) is 9.76. The number of para-hydroxylation sites is 2. The van der Waals surface area contributed by atoms with Crippen LogP contribution in [0.5, 0.6) is 0 Å². The molecule has 0 radical (unpaired) electrons. The van der Waals surface area contributed by atoms with Crippen molar-refractivity contribution in [2.45, 2.75) is 20.0 Å². The Bertz CT molecular complexity index is 1390. The maximum atomic E-state index is 13.2. The van der Waals surface area contributed by atoms with Crippen molar-refractivity contribution < 1.29 is 9.18 Å². The van der Waals surface area contributed by atoms with Crippen molar-refractivity contribution in [1.82, 2.24) is 9.13 Å². The van der Waals surface area contributed by atoms with Crippen molar-refractivity contribution in [2.24, 2.45) is 0 Å². The lowest BCUT2D eigenvalue weighted by Gasteiger charge is -2.15. The quantitative estimate of drug-likeness (QED) is 0.542. The Morgan fingerprint density at radius 3 is 2.32 bits per heavy atom. The molecule has 0 aliphatic carbocycles. The number of halogens is 1. The van der Waals surface area contributed by atoms with E-state index in [1.165, 1.54) is 28.8 Å². The van der Waals surface area contributed by atoms with Crippen LogP contribution in [-0.4, -0.2) is 15.0 Å². The Hall–Kier alpha value is -4.00. The van der Waals surface area contributed by atoms with Crippen LogP contribution in [-0.2, 0) is 17.9 Å². The van der Waals surface area contributed by atoms with Crippen molar-refractivity contribution in [3.8, 4) is 0 Å². The van der Waals surface area contributed by atoms with E-state index in [4.69, 9.17) is 0 Å². The number of fused-ring (bicyclic) bond motifs is 1. The molecule has 6 nitrogen and oxygen atoms in total. The fraction of sp³-hybridized carbons (Fsp3) is 0.125. The third-order valence-corrected chi connectivity index (χ3v) is 5.11. The van der Waals surface area contributed by atoms with E-state index in [0.717, 1.165) is 10.1 Å². The second-order valence-corrected chi connectivity index (χ2v) is 7.27. The summed E-state index contributed by atoms with van der Waals surface area (Å²) in [4.78, 5) is 38.9. The van der Waals surface area contributed by atoms with Gasteiger partial charge < -0.3 is 5.32 Å². The van der Waals surface area contributed by atoms with Gasteiger partial charge in [0.05, 0.1) is 17.4 Å². The SMILES string of the molecule is Cc1ccccc1NC(=O)Cn1c(=O)n(Cc2ccc(F)cc2)c(=O)c2ccccc21. The number of amides is 1. The number of hydrogen-bond donors (Lipinski definition) is 1. The highest BCUT2D eigenvalue weighted by molar-refractivity contribution is 5.92. The van der Waals surface area contributed by atoms with Gasteiger partial charge in [-0.15, -0.1) is 0 Å². The minimum absolute atomic E-state index is 0.0256. The van der Waals surface area contributed by atoms with Crippen LogP contribution in [0.2, 0.25) is 0 Å². The number of carbonyl (C=O) groups is 1. The first-order valence-corrected chi connectivity index (χ1v) is 9.76. The van der Waals surface area contributed by atoms with E-state index in [1.54, 1.807) is 30.3 Å². The zero-order valence-corrected chi connectivity index (χ0v) is 16.8. The van der Waals surface area contributed by atoms with Crippen molar-refractivity contribution in [2.75, 3.05) is 5.32 Å². The smallest absolute Gasteiger partial charge is 0.324 e. The van der Waals surface area contributed by atoms with Gasteiger partial charge in [0.2, 0.25) is 5.91 Å². The van der Waals surface area contributed by atoms with Crippen molar-refractivity contribution in [3.05, 3.63) is 111 Å². The largest absolute Gasteiger partial charge is 0.332 e. The van der Waals surface area contributed by atoms with Crippen LogP contribution in [0.15, 0.2) is 82.4 Å². The molecule has 0 saturated carbocycles. The molecule has 1 N–H and O–H groups in total. The molecule has 1 amide bonds. The first-order chi connectivity index (χ1) is 14.9. The molecule has 156 valence electrons. The molecule has 3 aromatic carbocycles. The van der Waals surface area contributed by atoms with Gasteiger partial charge in [-0.3, -0.25) is 18.7 Å². The average Bonchev–Trinajstić information content (AvgIpc) is 2.77. The summed E-state index contributed by atoms with van der Waals surface area (Å²) in [6, 6.07) is 19.6. The summed E-state index contributed by atoms with van der Waals surface area (Å²) in [5.41, 5.74) is 1.48. The Balaban J connectivity index is 1.76. The highest BCUT2D eigenvalue weighted by Crippen LogP contribution is 2.14. The first kappa shape index (κ1) is 20.3. The van der Waals surface area contributed by atoms with E-state index in [2.05, 4.69) is 5.32 Å². The molecule has 0 atom stereocenters. The summed E-state index contributed by atoms with van der Waals surface area (Å²) >= 11 is 0. The van der Waals surface area contributed by atoms with Crippen molar-refractivity contribution in [1.29, 1.82) is 0 Å². The molecule has 0 saturated heterocycles. The molecule has 0 fully saturated rings. The van der Waals surface area contributed by atoms with Crippen LogP contribution in [0.1, 0.15) is 11.1 Å². The molecule has 1 aromatic heterocycles. The van der Waals surface area contributed by atoms with Gasteiger partial charge in [0.1, 0.15) is 12.4 Å². The second-order valence-electron chi connectivity index (χ2n) is 7.27. The molecule has 1 heterocycles. The van der Waals surface area contributed by atoms with E-state index in [0.29, 0.717) is 22.2 Å². The van der Waals surface area contributed by atoms with Gasteiger partial charge in [-0.05, 0) is 48.4 Å². The Labute approximate surface area is 177 Å². The van der Waals surface area contributed by atoms with Gasteiger partial charge in [-0.25, -0.2) is 9.18 Å². The Morgan fingerprint density at radius 1 is 0.903 bits per heavy atom. The third-order valence-electron chi connectivity index (χ3n) is 5.11. The number of nitrogens with zero attached hydrogens (tertiary/aromatic N) is 2. The van der Waals surface area contributed by atoms with Crippen LogP contribution < -0.4 is 16.6 Å². The summed E-state index contributed by atoms with van der Waals surface area (Å²) < 4.78 is 15.6. The van der Waals surface area contributed by atoms with Gasteiger partial charge in [-0.2, -0.15) is 0 Å². The lowest BCUT2D eigenvalue weighted by Crippen LogP contribution is -2.42. The molecular formula is C24H20FN3O3. The maximum absolute atomic E-state index is 13.2. The van der Waals surface area contributed by atoms with Crippen LogP contribution in [0.3, 0.4) is 0 Å². The number of benzene rings is 3. The number of rotatable bonds is 5. The highest BCUT2D eigenvalue weighted by atomic mass is 19.1. The standard InChI is InChI=1S/C24H20FN3O3/c1-16-6-2-4-8-20(16)26-22(29)15-27-21-9-5-3-7-19(21)23(30)28(24(27)31)14-17-10-12-18(25)13-11-17/h2-13H,14-15H2,1H3,(H,26,29). The highest BCUT2D eigenvalue weighted by Gasteiger charge is 2.16. The van der Waals surface area contributed by atoms with Gasteiger partial charge in [0.15, 0.2) is 0 Å². The summed E-state index contributed by atoms with van der Waals surface area (Å²) in [5.74, 6) is -0.784. The molecule has 7 heteroatoms. The zero-order chi connectivity index (χ0) is 22.0. The van der Waals surface area contributed by atoms with Gasteiger partial charge in [0.25, 0.3) is 5.56 Å². The minimum atomic E-state index is -0.604. The molecule has 4 aromatic rings. The van der Waals surface area contributed by atoms with Crippen LogP contribution in [0.4, 0.5) is 10.1 Å². The van der Waals surface area contributed by atoms with E-state index >= 15 is 0 Å². The third kappa shape index (κ3) is 4.16. The van der Waals surface area contributed by atoms with Crippen molar-refractivity contribution >= 4 is 22.5 Å².